The number of hydrogen-bond acceptors (Lipinski definition) is 6. The van der Waals surface area contributed by atoms with Crippen LogP contribution in [0.25, 0.3) is 22.3 Å². The minimum Gasteiger partial charge on any atom is -0.497 e. The van der Waals surface area contributed by atoms with Crippen LogP contribution in [0.3, 0.4) is 0 Å². The van der Waals surface area contributed by atoms with Crippen LogP contribution in [0.1, 0.15) is 78.9 Å². The lowest BCUT2D eigenvalue weighted by atomic mass is 9.81. The van der Waals surface area contributed by atoms with Crippen LogP contribution in [0.15, 0.2) is 30.3 Å². The van der Waals surface area contributed by atoms with Gasteiger partial charge in [0.05, 0.1) is 18.2 Å². The summed E-state index contributed by atoms with van der Waals surface area (Å²) < 4.78 is 34.9. The summed E-state index contributed by atoms with van der Waals surface area (Å²) in [6.07, 6.45) is 6.43. The van der Waals surface area contributed by atoms with Crippen molar-refractivity contribution >= 4 is 32.9 Å². The van der Waals surface area contributed by atoms with Crippen molar-refractivity contribution < 1.29 is 22.7 Å². The number of fused-ring (bicyclic) bond motifs is 7. The summed E-state index contributed by atoms with van der Waals surface area (Å²) in [5, 5.41) is 0.969. The fraction of sp³-hybridized carbons (Fsp3) is 0.500. The molecule has 3 heterocycles. The lowest BCUT2D eigenvalue weighted by Crippen LogP contribution is -2.41. The predicted molar refractivity (Wildman–Crippen MR) is 153 cm³/mol. The van der Waals surface area contributed by atoms with Gasteiger partial charge in [0.25, 0.3) is 5.91 Å². The number of pyridine rings is 1. The van der Waals surface area contributed by atoms with Crippen LogP contribution in [0.2, 0.25) is 0 Å². The molecule has 2 fully saturated rings. The van der Waals surface area contributed by atoms with Gasteiger partial charge >= 0.3 is 10.2 Å². The van der Waals surface area contributed by atoms with Crippen molar-refractivity contribution in [3.8, 4) is 17.0 Å². The number of amides is 1. The molecule has 1 aromatic carbocycles. The van der Waals surface area contributed by atoms with Crippen LogP contribution in [-0.4, -0.2) is 66.5 Å². The van der Waals surface area contributed by atoms with E-state index in [2.05, 4.69) is 16.7 Å². The highest BCUT2D eigenvalue weighted by Gasteiger charge is 2.61. The van der Waals surface area contributed by atoms with Crippen molar-refractivity contribution in [2.45, 2.75) is 63.8 Å². The highest BCUT2D eigenvalue weighted by molar-refractivity contribution is 7.87. The lowest BCUT2D eigenvalue weighted by molar-refractivity contribution is -0.122. The number of carbonyl (C=O) groups excluding carboxylic acids is 2. The van der Waals surface area contributed by atoms with Gasteiger partial charge in [0.15, 0.2) is 0 Å². The summed E-state index contributed by atoms with van der Waals surface area (Å²) in [5.74, 6) is 0.637. The molecule has 2 aliphatic carbocycles. The Balaban J connectivity index is 1.61. The average Bonchev–Trinajstić information content (AvgIpc) is 3.63. The molecule has 0 bridgehead atoms. The molecule has 9 nitrogen and oxygen atoms in total. The van der Waals surface area contributed by atoms with Gasteiger partial charge in [-0.25, -0.2) is 9.29 Å². The SMILES string of the molecule is COc1ccc2c(c1)[C@@H]1C[C@]1(C(C)=O)Cn1c-2c(C2CCCCC2)c2ccc(C(=O)N(C)S(=O)(=O)N(C)C)nc21. The van der Waals surface area contributed by atoms with Crippen LogP contribution in [0.5, 0.6) is 5.75 Å². The van der Waals surface area contributed by atoms with Gasteiger partial charge in [-0.05, 0) is 79.5 Å². The molecule has 0 N–H and O–H groups in total. The Morgan fingerprint density at radius 3 is 2.45 bits per heavy atom. The van der Waals surface area contributed by atoms with Gasteiger partial charge in [0, 0.05) is 38.6 Å². The van der Waals surface area contributed by atoms with Crippen LogP contribution in [-0.2, 0) is 21.5 Å². The lowest BCUT2D eigenvalue weighted by Gasteiger charge is -2.24. The Bertz CT molecular complexity index is 1650. The summed E-state index contributed by atoms with van der Waals surface area (Å²) in [6, 6.07) is 9.70. The molecule has 40 heavy (non-hydrogen) atoms. The number of rotatable bonds is 6. The molecule has 0 radical (unpaired) electrons. The van der Waals surface area contributed by atoms with Crippen molar-refractivity contribution in [3.63, 3.8) is 0 Å². The van der Waals surface area contributed by atoms with Gasteiger partial charge in [-0.2, -0.15) is 12.7 Å². The molecular formula is C30H36N4O5S. The second-order valence-electron chi connectivity index (χ2n) is 11.7. The molecule has 0 saturated heterocycles. The van der Waals surface area contributed by atoms with E-state index >= 15 is 0 Å². The maximum Gasteiger partial charge on any atom is 0.305 e. The van der Waals surface area contributed by atoms with Crippen LogP contribution in [0.4, 0.5) is 0 Å². The molecular weight excluding hydrogens is 528 g/mol. The number of carbonyl (C=O) groups is 2. The molecule has 3 aromatic rings. The molecule has 1 aliphatic heterocycles. The summed E-state index contributed by atoms with van der Waals surface area (Å²) in [4.78, 5) is 31.4. The number of nitrogens with zero attached hydrogens (tertiary/aromatic N) is 4. The van der Waals surface area contributed by atoms with Crippen molar-refractivity contribution in [1.82, 2.24) is 18.2 Å². The average molecular weight is 565 g/mol. The van der Waals surface area contributed by atoms with E-state index in [-0.39, 0.29) is 17.4 Å². The van der Waals surface area contributed by atoms with Gasteiger partial charge in [0.1, 0.15) is 22.9 Å². The number of benzene rings is 1. The highest BCUT2D eigenvalue weighted by Crippen LogP contribution is 2.65. The first-order valence-corrected chi connectivity index (χ1v) is 15.3. The third-order valence-corrected chi connectivity index (χ3v) is 11.2. The minimum absolute atomic E-state index is 0.0549. The van der Waals surface area contributed by atoms with Crippen LogP contribution < -0.4 is 4.74 Å². The zero-order valence-corrected chi connectivity index (χ0v) is 24.5. The first kappa shape index (κ1) is 27.0. The standard InChI is InChI=1S/C30H36N4O5S/c1-18(35)30-16-24(30)23-15-20(39-5)11-12-21(23)27-26(19-9-7-6-8-10-19)22-13-14-25(31-28(22)34(27)17-30)29(36)33(4)40(37,38)32(2)3/h11-15,19,24H,6-10,16-17H2,1-5H3/t24-,30+/m0/s1. The van der Waals surface area contributed by atoms with Crippen molar-refractivity contribution in [3.05, 3.63) is 47.2 Å². The molecule has 2 atom stereocenters. The van der Waals surface area contributed by atoms with Crippen molar-refractivity contribution in [2.24, 2.45) is 5.41 Å². The van der Waals surface area contributed by atoms with E-state index in [9.17, 15) is 18.0 Å². The normalized spacial score (nSPS) is 22.3. The second kappa shape index (κ2) is 9.41. The zero-order chi connectivity index (χ0) is 28.6. The number of ether oxygens (including phenoxy) is 1. The number of methoxy groups -OCH3 is 1. The van der Waals surface area contributed by atoms with E-state index in [1.165, 1.54) is 33.1 Å². The first-order valence-electron chi connectivity index (χ1n) is 13.9. The Labute approximate surface area is 235 Å². The smallest absolute Gasteiger partial charge is 0.305 e. The molecule has 6 rings (SSSR count). The van der Waals surface area contributed by atoms with Gasteiger partial charge < -0.3 is 9.30 Å². The summed E-state index contributed by atoms with van der Waals surface area (Å²) in [6.45, 7) is 2.14. The van der Waals surface area contributed by atoms with Crippen molar-refractivity contribution in [2.75, 3.05) is 28.3 Å². The maximum atomic E-state index is 13.4. The van der Waals surface area contributed by atoms with Gasteiger partial charge in [-0.1, -0.05) is 19.3 Å². The van der Waals surface area contributed by atoms with Gasteiger partial charge in [-0.3, -0.25) is 9.59 Å². The van der Waals surface area contributed by atoms with E-state index in [1.54, 1.807) is 20.1 Å². The molecule has 0 spiro atoms. The largest absolute Gasteiger partial charge is 0.497 e. The van der Waals surface area contributed by atoms with E-state index in [0.717, 1.165) is 68.7 Å². The fourth-order valence-electron chi connectivity index (χ4n) is 6.96. The number of ketones is 1. The summed E-state index contributed by atoms with van der Waals surface area (Å²) in [7, 11) is 1.71. The van der Waals surface area contributed by atoms with Crippen LogP contribution >= 0.6 is 0 Å². The first-order chi connectivity index (χ1) is 19.0. The third-order valence-electron chi connectivity index (χ3n) is 9.38. The quantitative estimate of drug-likeness (QED) is 0.430. The molecule has 212 valence electrons. The minimum atomic E-state index is -3.97. The number of aromatic nitrogens is 2. The maximum absolute atomic E-state index is 13.4. The van der Waals surface area contributed by atoms with Gasteiger partial charge in [-0.15, -0.1) is 0 Å². The Kier molecular flexibility index (Phi) is 6.34. The zero-order valence-electron chi connectivity index (χ0n) is 23.7. The van der Waals surface area contributed by atoms with E-state index in [4.69, 9.17) is 9.72 Å². The summed E-state index contributed by atoms with van der Waals surface area (Å²) >= 11 is 0. The monoisotopic (exact) mass is 564 g/mol. The predicted octanol–water partition coefficient (Wildman–Crippen LogP) is 4.71. The Morgan fingerprint density at radius 2 is 1.80 bits per heavy atom. The Morgan fingerprint density at radius 1 is 1.07 bits per heavy atom. The Hall–Kier alpha value is -3.24. The number of Topliss-reactive ketones (excluding diaryl/α,β-unsaturated/α-hetero) is 1. The fourth-order valence-corrected chi connectivity index (χ4v) is 7.76. The molecule has 0 unspecified atom stereocenters. The highest BCUT2D eigenvalue weighted by atomic mass is 32.2. The van der Waals surface area contributed by atoms with Crippen molar-refractivity contribution in [1.29, 1.82) is 0 Å². The molecule has 1 amide bonds. The third kappa shape index (κ3) is 3.90. The topological polar surface area (TPSA) is 102 Å². The molecule has 2 aromatic heterocycles. The van der Waals surface area contributed by atoms with E-state index in [1.807, 2.05) is 12.1 Å². The molecule has 10 heteroatoms. The van der Waals surface area contributed by atoms with E-state index < -0.39 is 21.5 Å². The molecule has 2 saturated carbocycles. The summed E-state index contributed by atoms with van der Waals surface area (Å²) in [5.41, 5.74) is 4.65. The van der Waals surface area contributed by atoms with E-state index in [0.29, 0.717) is 18.1 Å². The second-order valence-corrected chi connectivity index (χ2v) is 13.9. The molecule has 3 aliphatic rings. The number of hydrogen-bond donors (Lipinski definition) is 0. The van der Waals surface area contributed by atoms with Crippen LogP contribution in [0, 0.1) is 5.41 Å². The van der Waals surface area contributed by atoms with Gasteiger partial charge in [0.2, 0.25) is 0 Å².